The van der Waals surface area contributed by atoms with Gasteiger partial charge in [-0.1, -0.05) is 286 Å². The Kier molecular flexibility index (Phi) is 24.3. The first-order valence-electron chi connectivity index (χ1n) is 41.0. The van der Waals surface area contributed by atoms with Gasteiger partial charge in [0, 0.05) is 61.2 Å². The van der Waals surface area contributed by atoms with Gasteiger partial charge in [0.25, 0.3) is 0 Å². The minimum atomic E-state index is -0.305. The summed E-state index contributed by atoms with van der Waals surface area (Å²) in [5.74, 6) is 2.86. The number of halogens is 1. The van der Waals surface area contributed by atoms with E-state index in [2.05, 4.69) is 53.0 Å². The Morgan fingerprint density at radius 1 is 0.367 bits per heavy atom. The first kappa shape index (κ1) is 83.1. The first-order chi connectivity index (χ1) is 57.7. The third-order valence-electron chi connectivity index (χ3n) is 23.4. The van der Waals surface area contributed by atoms with E-state index >= 15 is 0 Å². The average Bonchev–Trinajstić information content (AvgIpc) is 0.755. The predicted molar refractivity (Wildman–Crippen MR) is 499 cm³/mol. The van der Waals surface area contributed by atoms with Crippen LogP contribution in [-0.2, 0) is 18.3 Å². The smallest absolute Gasteiger partial charge is 0.142 e. The van der Waals surface area contributed by atoms with E-state index in [-0.39, 0.29) is 74.0 Å². The Morgan fingerprint density at radius 2 is 0.817 bits per heavy atom. The highest BCUT2D eigenvalue weighted by Gasteiger charge is 2.33. The molecule has 0 radical (unpaired) electrons. The molecule has 1 unspecified atom stereocenters. The van der Waals surface area contributed by atoms with Crippen molar-refractivity contribution in [3.63, 3.8) is 0 Å². The van der Waals surface area contributed by atoms with Gasteiger partial charge in [0.1, 0.15) is 57.5 Å². The molecule has 0 aliphatic heterocycles. The zero-order chi connectivity index (χ0) is 85.1. The molecule has 16 aromatic rings. The van der Waals surface area contributed by atoms with E-state index in [0.29, 0.717) is 56.2 Å². The van der Waals surface area contributed by atoms with Crippen molar-refractivity contribution >= 4 is 77.6 Å². The van der Waals surface area contributed by atoms with E-state index in [1.165, 1.54) is 42.4 Å². The summed E-state index contributed by atoms with van der Waals surface area (Å²) in [6.45, 7) is 26.1. The molecule has 0 heterocycles. The molecule has 10 N–H and O–H groups in total. The van der Waals surface area contributed by atoms with Crippen molar-refractivity contribution in [1.82, 2.24) is 0 Å². The fraction of sp³-hybridized carbons (Fsp3) is 0.174. The van der Waals surface area contributed by atoms with Crippen LogP contribution in [-0.4, -0.2) is 51.1 Å². The van der Waals surface area contributed by atoms with Crippen molar-refractivity contribution in [2.75, 3.05) is 0 Å². The quantitative estimate of drug-likeness (QED) is 0.0628. The molecule has 11 heteroatoms. The number of aryl methyl sites for hydroxylation is 3. The number of fused-ring (bicyclic) bond motifs is 5. The number of hydrogen-bond donors (Lipinski definition) is 10. The molecular formula is C109H101ClO10. The molecule has 2 aliphatic carbocycles. The number of benzene rings is 16. The Bertz CT molecular complexity index is 6600. The van der Waals surface area contributed by atoms with E-state index in [1.54, 1.807) is 60.7 Å². The van der Waals surface area contributed by atoms with Crippen LogP contribution in [0.3, 0.4) is 0 Å². The third-order valence-corrected chi connectivity index (χ3v) is 23.7. The van der Waals surface area contributed by atoms with Gasteiger partial charge in [-0.05, 0) is 251 Å². The molecule has 2 aliphatic rings. The van der Waals surface area contributed by atoms with E-state index in [0.717, 1.165) is 128 Å². The molecule has 0 fully saturated rings. The van der Waals surface area contributed by atoms with Gasteiger partial charge in [0.2, 0.25) is 0 Å². The lowest BCUT2D eigenvalue weighted by molar-refractivity contribution is 0.446. The molecule has 120 heavy (non-hydrogen) atoms. The van der Waals surface area contributed by atoms with Crippen molar-refractivity contribution < 1.29 is 51.1 Å². The molecule has 0 aromatic heterocycles. The van der Waals surface area contributed by atoms with Crippen molar-refractivity contribution in [3.8, 4) is 124 Å². The molecule has 16 aromatic carbocycles. The summed E-state index contributed by atoms with van der Waals surface area (Å²) < 4.78 is 0. The second kappa shape index (κ2) is 35.0. The van der Waals surface area contributed by atoms with Crippen molar-refractivity contribution in [2.45, 2.75) is 124 Å². The Balaban J connectivity index is 0.000000123. The number of phenols is 10. The fourth-order valence-corrected chi connectivity index (χ4v) is 18.0. The van der Waals surface area contributed by atoms with Gasteiger partial charge in [0.05, 0.1) is 5.02 Å². The van der Waals surface area contributed by atoms with Crippen molar-refractivity contribution in [3.05, 3.63) is 335 Å². The summed E-state index contributed by atoms with van der Waals surface area (Å²) in [7, 11) is 0. The lowest BCUT2D eigenvalue weighted by Gasteiger charge is -2.34. The lowest BCUT2D eigenvalue weighted by atomic mass is 9.71. The molecule has 18 rings (SSSR count). The summed E-state index contributed by atoms with van der Waals surface area (Å²) in [6, 6.07) is 82.7. The predicted octanol–water partition coefficient (Wildman–Crippen LogP) is 29.1. The van der Waals surface area contributed by atoms with Gasteiger partial charge in [-0.2, -0.15) is 0 Å². The summed E-state index contributed by atoms with van der Waals surface area (Å²) in [6.07, 6.45) is 10.4. The topological polar surface area (TPSA) is 202 Å². The van der Waals surface area contributed by atoms with Gasteiger partial charge in [-0.25, -0.2) is 0 Å². The van der Waals surface area contributed by atoms with Crippen molar-refractivity contribution in [1.29, 1.82) is 0 Å². The maximum absolute atomic E-state index is 11.2. The average molecular weight is 1610 g/mol. The Morgan fingerprint density at radius 3 is 1.33 bits per heavy atom. The van der Waals surface area contributed by atoms with Crippen LogP contribution in [0.25, 0.3) is 133 Å². The monoisotopic (exact) mass is 1600 g/mol. The maximum Gasteiger partial charge on any atom is 0.142 e. The zero-order valence-corrected chi connectivity index (χ0v) is 70.0. The highest BCUT2D eigenvalue weighted by Crippen LogP contribution is 2.55. The molecule has 0 amide bonds. The molecule has 0 saturated carbocycles. The van der Waals surface area contributed by atoms with Gasteiger partial charge < -0.3 is 51.1 Å². The van der Waals surface area contributed by atoms with Gasteiger partial charge in [-0.3, -0.25) is 0 Å². The van der Waals surface area contributed by atoms with Gasteiger partial charge in [-0.15, -0.1) is 0 Å². The van der Waals surface area contributed by atoms with Crippen LogP contribution in [0, 0.1) is 13.8 Å². The molecule has 0 spiro atoms. The number of phenolic OH excluding ortho intramolecular Hbond substituents is 10. The Hall–Kier alpha value is -13.4. The SMILES string of the molecule is C=Cc1cc(C(C)(C)C)c(O)c(-c2c(O)c(Cl)cc3ccccc23)c1C=C.CC(C)c1cc2ccccc2c(-c2c(O)cccc2-c2ccccc2)c1O.Cc1cc(O)c(-c2c(O)ccc3ccccc23)c(C(C)C)c1.Cc1cccc(O)c1-c1c(O)ccc2ccccc12.Oc1cc2c3c(c1-c1c(O)ccc4ccccc14)CCCC3CCC2. The standard InChI is InChI=1S/C25H22O2.C24H23ClO2.C23H22O2.C20H20O2.C17H14O2/c1-16(2)21-15-18-11-6-7-12-20(18)24(25(21)27)23-19(13-8-14-22(23)26)17-9-4-3-5-10-17;1-6-14-12-18(24(3,4)5)22(26)20(16(14)7-2)21-17-11-9-8-10-15(17)13-19(25)23(21)27;24-19-12-11-14-5-1-2-9-17(14)22(19)23-18-10-4-7-15-6-3-8-16(21(15)18)13-20(23)25;1-12(2)16-10-13(3)11-18(22)20(16)19-15-7-5-4-6-14(15)8-9-17(19)21;1-11-5-4-8-14(18)16(11)17-13-7-3-2-6-12(13)9-10-15(17)19/h3-16,26-27H,1-2H3;6-13,26-27H,1-2H2,3-5H3;1-2,5,9,11-13,15,24-25H,3-4,6-8,10H2;4-12,21-22H,1-3H3;2-10,18-19H,1H3. The zero-order valence-electron chi connectivity index (χ0n) is 69.2. The van der Waals surface area contributed by atoms with Crippen LogP contribution >= 0.6 is 11.6 Å². The lowest BCUT2D eigenvalue weighted by Crippen LogP contribution is -2.18. The first-order valence-corrected chi connectivity index (χ1v) is 41.4. The summed E-state index contributed by atoms with van der Waals surface area (Å²) in [4.78, 5) is 0. The van der Waals surface area contributed by atoms with Crippen LogP contribution in [0.2, 0.25) is 5.02 Å². The molecule has 10 nitrogen and oxygen atoms in total. The third kappa shape index (κ3) is 16.3. The minimum absolute atomic E-state index is 0.0603. The van der Waals surface area contributed by atoms with Crippen LogP contribution in [0.4, 0.5) is 0 Å². The molecule has 0 saturated heterocycles. The highest BCUT2D eigenvalue weighted by atomic mass is 35.5. The number of aromatic hydroxyl groups is 10. The van der Waals surface area contributed by atoms with E-state index in [1.807, 2.05) is 235 Å². The molecule has 1 atom stereocenters. The summed E-state index contributed by atoms with van der Waals surface area (Å²) in [5, 5.41) is 117. The normalized spacial score (nSPS) is 12.8. The van der Waals surface area contributed by atoms with E-state index < -0.39 is 0 Å². The number of hydrogen-bond acceptors (Lipinski definition) is 10. The van der Waals surface area contributed by atoms with Gasteiger partial charge >= 0.3 is 0 Å². The van der Waals surface area contributed by atoms with E-state index in [9.17, 15) is 51.1 Å². The van der Waals surface area contributed by atoms with Crippen LogP contribution in [0.5, 0.6) is 57.5 Å². The van der Waals surface area contributed by atoms with Crippen LogP contribution in [0.1, 0.15) is 148 Å². The second-order valence-corrected chi connectivity index (χ2v) is 33.4. The molecule has 604 valence electrons. The fourth-order valence-electron chi connectivity index (χ4n) is 17.8. The molecule has 0 bridgehead atoms. The van der Waals surface area contributed by atoms with Crippen LogP contribution < -0.4 is 0 Å². The molecular weight excluding hydrogens is 1500 g/mol. The largest absolute Gasteiger partial charge is 0.507 e. The highest BCUT2D eigenvalue weighted by molar-refractivity contribution is 6.34. The van der Waals surface area contributed by atoms with E-state index in [4.69, 9.17) is 11.6 Å². The maximum atomic E-state index is 11.2. The number of rotatable bonds is 10. The summed E-state index contributed by atoms with van der Waals surface area (Å²) >= 11 is 6.32. The van der Waals surface area contributed by atoms with Crippen molar-refractivity contribution in [2.24, 2.45) is 0 Å². The summed E-state index contributed by atoms with van der Waals surface area (Å²) in [5.41, 5.74) is 18.7. The second-order valence-electron chi connectivity index (χ2n) is 33.0. The minimum Gasteiger partial charge on any atom is -0.507 e. The van der Waals surface area contributed by atoms with Crippen LogP contribution in [0.15, 0.2) is 274 Å². The Labute approximate surface area is 707 Å². The van der Waals surface area contributed by atoms with Gasteiger partial charge in [0.15, 0.2) is 0 Å².